The molecular weight excluding hydrogens is 367 g/mol. The third kappa shape index (κ3) is 4.37. The van der Waals surface area contributed by atoms with Crippen LogP contribution in [0.1, 0.15) is 18.4 Å². The monoisotopic (exact) mass is 384 g/mol. The lowest BCUT2D eigenvalue weighted by molar-refractivity contribution is -0.117. The fourth-order valence-electron chi connectivity index (χ4n) is 2.54. The van der Waals surface area contributed by atoms with E-state index < -0.39 is 0 Å². The molecule has 3 nitrogen and oxygen atoms in total. The van der Waals surface area contributed by atoms with Gasteiger partial charge in [-0.15, -0.1) is 0 Å². The van der Waals surface area contributed by atoms with E-state index in [0.29, 0.717) is 15.7 Å². The van der Waals surface area contributed by atoms with Crippen molar-refractivity contribution in [1.29, 1.82) is 0 Å². The van der Waals surface area contributed by atoms with Crippen molar-refractivity contribution in [1.82, 2.24) is 0 Å². The van der Waals surface area contributed by atoms with Gasteiger partial charge in [-0.1, -0.05) is 59.6 Å². The second kappa shape index (κ2) is 8.26. The van der Waals surface area contributed by atoms with E-state index in [1.165, 1.54) is 0 Å². The molecule has 0 saturated heterocycles. The number of carbonyl (C=O) groups is 1. The van der Waals surface area contributed by atoms with Gasteiger partial charge in [0.2, 0.25) is 5.91 Å². The van der Waals surface area contributed by atoms with Crippen molar-refractivity contribution in [2.24, 2.45) is 0 Å². The summed E-state index contributed by atoms with van der Waals surface area (Å²) in [5.41, 5.74) is 3.23. The molecule has 132 valence electrons. The molecular formula is C21H18Cl2N2O. The summed E-state index contributed by atoms with van der Waals surface area (Å²) < 4.78 is 0. The van der Waals surface area contributed by atoms with Crippen LogP contribution in [0.15, 0.2) is 72.8 Å². The van der Waals surface area contributed by atoms with E-state index in [9.17, 15) is 4.79 Å². The summed E-state index contributed by atoms with van der Waals surface area (Å²) >= 11 is 12.4. The van der Waals surface area contributed by atoms with Gasteiger partial charge in [0.05, 0.1) is 21.7 Å². The molecule has 0 aliphatic heterocycles. The molecule has 0 aliphatic carbocycles. The molecule has 0 aromatic heterocycles. The number of nitrogens with one attached hydrogen (secondary N) is 2. The molecule has 26 heavy (non-hydrogen) atoms. The average molecular weight is 385 g/mol. The topological polar surface area (TPSA) is 41.1 Å². The number of benzene rings is 3. The lowest BCUT2D eigenvalue weighted by Crippen LogP contribution is -2.18. The first kappa shape index (κ1) is 18.3. The number of anilines is 3. The van der Waals surface area contributed by atoms with Crippen LogP contribution in [0.25, 0.3) is 0 Å². The van der Waals surface area contributed by atoms with E-state index in [0.717, 1.165) is 16.9 Å². The first-order valence-electron chi connectivity index (χ1n) is 8.21. The third-order valence-electron chi connectivity index (χ3n) is 4.08. The molecule has 2 N–H and O–H groups in total. The van der Waals surface area contributed by atoms with Gasteiger partial charge >= 0.3 is 0 Å². The molecule has 0 fully saturated rings. The van der Waals surface area contributed by atoms with Crippen LogP contribution >= 0.6 is 23.2 Å². The van der Waals surface area contributed by atoms with Gasteiger partial charge in [0.25, 0.3) is 0 Å². The standard InChI is InChI=1S/C21H18Cl2N2O/c1-14(21(26)25-16-6-3-2-4-7-16)15-10-12-17(13-11-15)24-20-18(22)8-5-9-19(20)23/h2-14,24H,1H3,(H,25,26). The van der Waals surface area contributed by atoms with Gasteiger partial charge in [0.1, 0.15) is 0 Å². The van der Waals surface area contributed by atoms with Crippen molar-refractivity contribution in [3.63, 3.8) is 0 Å². The van der Waals surface area contributed by atoms with E-state index in [2.05, 4.69) is 10.6 Å². The summed E-state index contributed by atoms with van der Waals surface area (Å²) in [5, 5.41) is 7.24. The van der Waals surface area contributed by atoms with Crippen molar-refractivity contribution in [3.05, 3.63) is 88.4 Å². The normalized spacial score (nSPS) is 11.7. The molecule has 0 aliphatic rings. The van der Waals surface area contributed by atoms with Gasteiger partial charge in [-0.25, -0.2) is 0 Å². The second-order valence-corrected chi connectivity index (χ2v) is 6.74. The molecule has 0 heterocycles. The highest BCUT2D eigenvalue weighted by atomic mass is 35.5. The number of carbonyl (C=O) groups excluding carboxylic acids is 1. The lowest BCUT2D eigenvalue weighted by atomic mass is 10.00. The lowest BCUT2D eigenvalue weighted by Gasteiger charge is -2.14. The van der Waals surface area contributed by atoms with Crippen LogP contribution in [-0.4, -0.2) is 5.91 Å². The van der Waals surface area contributed by atoms with Gasteiger partial charge in [-0.05, 0) is 48.9 Å². The summed E-state index contributed by atoms with van der Waals surface area (Å²) in [6, 6.07) is 22.4. The molecule has 3 rings (SSSR count). The second-order valence-electron chi connectivity index (χ2n) is 5.92. The average Bonchev–Trinajstić information content (AvgIpc) is 2.65. The maximum absolute atomic E-state index is 12.4. The zero-order chi connectivity index (χ0) is 18.5. The molecule has 0 radical (unpaired) electrons. The van der Waals surface area contributed by atoms with Crippen molar-refractivity contribution in [2.75, 3.05) is 10.6 Å². The first-order valence-corrected chi connectivity index (χ1v) is 8.97. The molecule has 3 aromatic rings. The maximum Gasteiger partial charge on any atom is 0.231 e. The van der Waals surface area contributed by atoms with E-state index in [1.807, 2.05) is 61.5 Å². The number of para-hydroxylation sites is 2. The predicted octanol–water partition coefficient (Wildman–Crippen LogP) is 6.48. The van der Waals surface area contributed by atoms with E-state index in [-0.39, 0.29) is 11.8 Å². The minimum atomic E-state index is -0.270. The van der Waals surface area contributed by atoms with Crippen LogP contribution in [0.5, 0.6) is 0 Å². The molecule has 5 heteroatoms. The Morgan fingerprint density at radius 3 is 2.04 bits per heavy atom. The first-order chi connectivity index (χ1) is 12.5. The molecule has 1 atom stereocenters. The zero-order valence-electron chi connectivity index (χ0n) is 14.2. The van der Waals surface area contributed by atoms with Crippen LogP contribution in [0.2, 0.25) is 10.0 Å². The van der Waals surface area contributed by atoms with Crippen LogP contribution in [0, 0.1) is 0 Å². The van der Waals surface area contributed by atoms with Crippen LogP contribution < -0.4 is 10.6 Å². The van der Waals surface area contributed by atoms with Gasteiger partial charge in [-0.3, -0.25) is 4.79 Å². The van der Waals surface area contributed by atoms with E-state index in [1.54, 1.807) is 18.2 Å². The SMILES string of the molecule is CC(C(=O)Nc1ccccc1)c1ccc(Nc2c(Cl)cccc2Cl)cc1. The summed E-state index contributed by atoms with van der Waals surface area (Å²) in [4.78, 5) is 12.4. The molecule has 1 unspecified atom stereocenters. The van der Waals surface area contributed by atoms with Crippen LogP contribution in [-0.2, 0) is 4.79 Å². The third-order valence-corrected chi connectivity index (χ3v) is 4.71. The Bertz CT molecular complexity index is 875. The van der Waals surface area contributed by atoms with Crippen molar-refractivity contribution < 1.29 is 4.79 Å². The molecule has 0 bridgehead atoms. The van der Waals surface area contributed by atoms with Gasteiger partial charge in [-0.2, -0.15) is 0 Å². The minimum Gasteiger partial charge on any atom is -0.353 e. The smallest absolute Gasteiger partial charge is 0.231 e. The molecule has 1 amide bonds. The van der Waals surface area contributed by atoms with Crippen LogP contribution in [0.4, 0.5) is 17.1 Å². The Labute approximate surface area is 163 Å². The number of amides is 1. The summed E-state index contributed by atoms with van der Waals surface area (Å²) in [5.74, 6) is -0.320. The zero-order valence-corrected chi connectivity index (χ0v) is 15.7. The van der Waals surface area contributed by atoms with Crippen molar-refractivity contribution in [2.45, 2.75) is 12.8 Å². The van der Waals surface area contributed by atoms with E-state index >= 15 is 0 Å². The number of halogens is 2. The maximum atomic E-state index is 12.4. The summed E-state index contributed by atoms with van der Waals surface area (Å²) in [7, 11) is 0. The largest absolute Gasteiger partial charge is 0.353 e. The fraction of sp³-hybridized carbons (Fsp3) is 0.0952. The highest BCUT2D eigenvalue weighted by Crippen LogP contribution is 2.32. The Kier molecular flexibility index (Phi) is 5.82. The predicted molar refractivity (Wildman–Crippen MR) is 110 cm³/mol. The Morgan fingerprint density at radius 1 is 0.808 bits per heavy atom. The summed E-state index contributed by atoms with van der Waals surface area (Å²) in [6.45, 7) is 1.88. The quantitative estimate of drug-likeness (QED) is 0.528. The Morgan fingerprint density at radius 2 is 1.42 bits per heavy atom. The van der Waals surface area contributed by atoms with Crippen molar-refractivity contribution >= 4 is 46.2 Å². The van der Waals surface area contributed by atoms with Gasteiger partial charge < -0.3 is 10.6 Å². The molecule has 3 aromatic carbocycles. The summed E-state index contributed by atoms with van der Waals surface area (Å²) in [6.07, 6.45) is 0. The highest BCUT2D eigenvalue weighted by molar-refractivity contribution is 6.39. The van der Waals surface area contributed by atoms with E-state index in [4.69, 9.17) is 23.2 Å². The Balaban J connectivity index is 1.70. The van der Waals surface area contributed by atoms with Gasteiger partial charge in [0.15, 0.2) is 0 Å². The number of hydrogen-bond donors (Lipinski definition) is 2. The molecule has 0 spiro atoms. The van der Waals surface area contributed by atoms with Crippen LogP contribution in [0.3, 0.4) is 0 Å². The number of rotatable bonds is 5. The highest BCUT2D eigenvalue weighted by Gasteiger charge is 2.15. The molecule has 0 saturated carbocycles. The fourth-order valence-corrected chi connectivity index (χ4v) is 3.03. The minimum absolute atomic E-state index is 0.0499. The van der Waals surface area contributed by atoms with Crippen molar-refractivity contribution in [3.8, 4) is 0 Å². The number of hydrogen-bond acceptors (Lipinski definition) is 2. The Hall–Kier alpha value is -2.49. The van der Waals surface area contributed by atoms with Gasteiger partial charge in [0, 0.05) is 11.4 Å².